The topological polar surface area (TPSA) is 146 Å². The summed E-state index contributed by atoms with van der Waals surface area (Å²) in [5.74, 6) is -0.0678. The normalized spacial score (nSPS) is 37.6. The van der Waals surface area contributed by atoms with Crippen LogP contribution < -0.4 is 11.2 Å². The maximum absolute atomic E-state index is 9.95. The number of rotatable bonds is 2. The van der Waals surface area contributed by atoms with Crippen molar-refractivity contribution in [3.05, 3.63) is 0 Å². The molecule has 0 aromatic heterocycles. The van der Waals surface area contributed by atoms with Crippen molar-refractivity contribution in [3.8, 4) is 24.3 Å². The molecule has 7 nitrogen and oxygen atoms in total. The highest BCUT2D eigenvalue weighted by Gasteiger charge is 2.89. The van der Waals surface area contributed by atoms with Crippen LogP contribution in [0.2, 0.25) is 0 Å². The summed E-state index contributed by atoms with van der Waals surface area (Å²) in [6.07, 6.45) is 2.99. The SMILES string of the molecule is CC1(C)C2CC1C1(/C=N/NC(N)=S)C(C2)C(C#N)(C#N)C1(C#N)C#N. The van der Waals surface area contributed by atoms with Gasteiger partial charge in [-0.1, -0.05) is 13.8 Å². The van der Waals surface area contributed by atoms with Gasteiger partial charge in [-0.3, -0.25) is 5.43 Å². The van der Waals surface area contributed by atoms with Crippen molar-refractivity contribution in [1.29, 1.82) is 21.0 Å². The average molecular weight is 351 g/mol. The maximum atomic E-state index is 9.95. The van der Waals surface area contributed by atoms with Crippen LogP contribution >= 0.6 is 12.2 Å². The first-order valence-electron chi connectivity index (χ1n) is 7.98. The summed E-state index contributed by atoms with van der Waals surface area (Å²) < 4.78 is 0. The molecule has 0 amide bonds. The van der Waals surface area contributed by atoms with Gasteiger partial charge in [-0.2, -0.15) is 26.1 Å². The molecule has 0 saturated heterocycles. The van der Waals surface area contributed by atoms with Crippen molar-refractivity contribution in [1.82, 2.24) is 5.43 Å². The lowest BCUT2D eigenvalue weighted by Gasteiger charge is -2.77. The Morgan fingerprint density at radius 1 is 1.12 bits per heavy atom. The predicted molar refractivity (Wildman–Crippen MR) is 91.6 cm³/mol. The van der Waals surface area contributed by atoms with Crippen LogP contribution in [0.15, 0.2) is 5.10 Å². The molecule has 4 unspecified atom stereocenters. The van der Waals surface area contributed by atoms with E-state index in [2.05, 4.69) is 24.4 Å². The van der Waals surface area contributed by atoms with E-state index in [1.807, 2.05) is 24.3 Å². The van der Waals surface area contributed by atoms with Crippen LogP contribution in [0.4, 0.5) is 0 Å². The molecule has 4 saturated carbocycles. The number of hydrazone groups is 1. The number of nitrogens with one attached hydrogen (secondary N) is 1. The Morgan fingerprint density at radius 3 is 2.12 bits per heavy atom. The minimum absolute atomic E-state index is 0.0187. The van der Waals surface area contributed by atoms with Gasteiger partial charge in [0.15, 0.2) is 15.9 Å². The van der Waals surface area contributed by atoms with Gasteiger partial charge in [0, 0.05) is 12.1 Å². The zero-order valence-corrected chi connectivity index (χ0v) is 14.8. The van der Waals surface area contributed by atoms with E-state index in [4.69, 9.17) is 18.0 Å². The highest BCUT2D eigenvalue weighted by atomic mass is 32.1. The van der Waals surface area contributed by atoms with E-state index in [9.17, 15) is 21.0 Å². The summed E-state index contributed by atoms with van der Waals surface area (Å²) in [6.45, 7) is 4.22. The summed E-state index contributed by atoms with van der Waals surface area (Å²) in [5.41, 5.74) is 3.39. The molecule has 2 bridgehead atoms. The van der Waals surface area contributed by atoms with E-state index in [1.54, 1.807) is 0 Å². The van der Waals surface area contributed by atoms with E-state index in [1.165, 1.54) is 6.21 Å². The van der Waals surface area contributed by atoms with Gasteiger partial charge >= 0.3 is 0 Å². The monoisotopic (exact) mass is 351 g/mol. The quantitative estimate of drug-likeness (QED) is 0.436. The molecule has 126 valence electrons. The number of hydrogen-bond acceptors (Lipinski definition) is 6. The first-order chi connectivity index (χ1) is 11.7. The third-order valence-electron chi connectivity index (χ3n) is 7.05. The molecular weight excluding hydrogens is 334 g/mol. The van der Waals surface area contributed by atoms with Crippen LogP contribution in [0.25, 0.3) is 0 Å². The Labute approximate surface area is 151 Å². The standard InChI is InChI=1S/C17H17N7S/c1-14(2)10-3-11(14)17(9-23-24-13(22)25)12(4-10)15(5-18,6-19)16(17,7-20)8-21/h9-12H,3-4H2,1-2H3,(H3,22,24,25)/b23-9+. The fourth-order valence-electron chi connectivity index (χ4n) is 5.75. The predicted octanol–water partition coefficient (Wildman–Crippen LogP) is 1.55. The smallest absolute Gasteiger partial charge is 0.186 e. The van der Waals surface area contributed by atoms with E-state index in [0.29, 0.717) is 12.3 Å². The third kappa shape index (κ3) is 1.52. The Morgan fingerprint density at radius 2 is 1.68 bits per heavy atom. The molecule has 3 N–H and O–H groups in total. The summed E-state index contributed by atoms with van der Waals surface area (Å²) in [6, 6.07) is 8.10. The van der Waals surface area contributed by atoms with Gasteiger partial charge in [0.2, 0.25) is 0 Å². The van der Waals surface area contributed by atoms with E-state index >= 15 is 0 Å². The van der Waals surface area contributed by atoms with E-state index < -0.39 is 22.2 Å². The molecule has 0 radical (unpaired) electrons. The number of thiocarbonyl (C=S) groups is 1. The first-order valence-corrected chi connectivity index (χ1v) is 8.39. The molecule has 25 heavy (non-hydrogen) atoms. The molecule has 0 spiro atoms. The largest absolute Gasteiger partial charge is 0.375 e. The van der Waals surface area contributed by atoms with E-state index in [-0.39, 0.29) is 16.4 Å². The number of nitriles is 4. The van der Waals surface area contributed by atoms with Crippen LogP contribution in [0.3, 0.4) is 0 Å². The summed E-state index contributed by atoms with van der Waals surface area (Å²) >= 11 is 4.75. The van der Waals surface area contributed by atoms with Gasteiger partial charge in [0.25, 0.3) is 0 Å². The van der Waals surface area contributed by atoms with Crippen molar-refractivity contribution < 1.29 is 0 Å². The Balaban J connectivity index is 2.24. The van der Waals surface area contributed by atoms with Crippen LogP contribution in [-0.4, -0.2) is 11.3 Å². The lowest BCUT2D eigenvalue weighted by Crippen LogP contribution is -2.81. The second-order valence-corrected chi connectivity index (χ2v) is 8.21. The van der Waals surface area contributed by atoms with Crippen LogP contribution in [0.1, 0.15) is 26.7 Å². The second kappa shape index (κ2) is 4.92. The fraction of sp³-hybridized carbons (Fsp3) is 0.647. The van der Waals surface area contributed by atoms with Crippen molar-refractivity contribution >= 4 is 23.5 Å². The number of nitrogens with zero attached hydrogens (tertiary/aromatic N) is 5. The van der Waals surface area contributed by atoms with Gasteiger partial charge < -0.3 is 5.73 Å². The molecule has 4 aliphatic carbocycles. The molecule has 4 fully saturated rings. The second-order valence-electron chi connectivity index (χ2n) is 7.77. The van der Waals surface area contributed by atoms with Crippen molar-refractivity contribution in [3.63, 3.8) is 0 Å². The highest BCUT2D eigenvalue weighted by molar-refractivity contribution is 7.80. The van der Waals surface area contributed by atoms with Crippen molar-refractivity contribution in [2.75, 3.05) is 0 Å². The van der Waals surface area contributed by atoms with Gasteiger partial charge in [0.05, 0.1) is 29.7 Å². The molecule has 0 aromatic carbocycles. The Hall–Kier alpha value is -2.68. The maximum Gasteiger partial charge on any atom is 0.186 e. The molecular formula is C17H17N7S. The molecule has 0 aliphatic heterocycles. The lowest BCUT2D eigenvalue weighted by atomic mass is 9.20. The van der Waals surface area contributed by atoms with Gasteiger partial charge in [-0.05, 0) is 42.3 Å². The van der Waals surface area contributed by atoms with Crippen molar-refractivity contribution in [2.24, 2.45) is 50.2 Å². The fourth-order valence-corrected chi connectivity index (χ4v) is 5.81. The molecule has 4 aliphatic rings. The van der Waals surface area contributed by atoms with Gasteiger partial charge in [0.1, 0.15) is 0 Å². The zero-order valence-electron chi connectivity index (χ0n) is 13.9. The lowest BCUT2D eigenvalue weighted by molar-refractivity contribution is -0.275. The molecule has 0 heterocycles. The zero-order chi connectivity index (χ0) is 18.7. The van der Waals surface area contributed by atoms with E-state index in [0.717, 1.165) is 6.42 Å². The Bertz CT molecular complexity index is 818. The molecule has 4 rings (SSSR count). The first kappa shape index (κ1) is 17.2. The number of hydrogen-bond donors (Lipinski definition) is 2. The third-order valence-corrected chi connectivity index (χ3v) is 7.14. The van der Waals surface area contributed by atoms with Gasteiger partial charge in [-0.25, -0.2) is 0 Å². The summed E-state index contributed by atoms with van der Waals surface area (Å²) in [7, 11) is 0. The minimum atomic E-state index is -1.77. The number of nitrogens with two attached hydrogens (primary N) is 1. The average Bonchev–Trinajstić information content (AvgIpc) is 2.57. The molecule has 8 heteroatoms. The van der Waals surface area contributed by atoms with Crippen LogP contribution in [0, 0.1) is 84.7 Å². The minimum Gasteiger partial charge on any atom is -0.375 e. The molecule has 0 aromatic rings. The Kier molecular flexibility index (Phi) is 3.37. The van der Waals surface area contributed by atoms with Crippen molar-refractivity contribution in [2.45, 2.75) is 26.7 Å². The molecule has 4 atom stereocenters. The van der Waals surface area contributed by atoms with Crippen LogP contribution in [-0.2, 0) is 0 Å². The summed E-state index contributed by atoms with van der Waals surface area (Å²) in [5, 5.41) is 43.4. The van der Waals surface area contributed by atoms with Crippen LogP contribution in [0.5, 0.6) is 0 Å². The summed E-state index contributed by atoms with van der Waals surface area (Å²) in [4.78, 5) is 0. The van der Waals surface area contributed by atoms with Gasteiger partial charge in [-0.15, -0.1) is 0 Å². The highest BCUT2D eigenvalue weighted by Crippen LogP contribution is 2.84.